The first-order valence-electron chi connectivity index (χ1n) is 11.3. The number of nitrogens with one attached hydrogen (secondary N) is 2. The van der Waals surface area contributed by atoms with Crippen LogP contribution in [-0.4, -0.2) is 53.7 Å². The molecule has 0 radical (unpaired) electrons. The second kappa shape index (κ2) is 10.9. The summed E-state index contributed by atoms with van der Waals surface area (Å²) in [5, 5.41) is 5.17. The lowest BCUT2D eigenvalue weighted by atomic mass is 10.1. The molecule has 4 N–H and O–H groups in total. The van der Waals surface area contributed by atoms with Crippen LogP contribution >= 0.6 is 0 Å². The lowest BCUT2D eigenvalue weighted by Gasteiger charge is -2.33. The van der Waals surface area contributed by atoms with E-state index in [1.165, 1.54) is 0 Å². The van der Waals surface area contributed by atoms with Crippen LogP contribution in [0.1, 0.15) is 54.3 Å². The number of hydrogen-bond acceptors (Lipinski definition) is 6. The predicted octanol–water partition coefficient (Wildman–Crippen LogP) is 3.99. The van der Waals surface area contributed by atoms with Crippen LogP contribution in [0, 0.1) is 0 Å². The van der Waals surface area contributed by atoms with Crippen molar-refractivity contribution in [3.8, 4) is 0 Å². The SMILES string of the molecule is CC(C)(C)OC(=O)N1CCC(OC(=O)c2ccc(NC(=O)c3ccc(NC(N)=O)cc3)cc2)CC1. The molecule has 2 aromatic carbocycles. The number of nitrogens with zero attached hydrogens (tertiary/aromatic N) is 1. The number of ether oxygens (including phenoxy) is 2. The average molecular weight is 483 g/mol. The highest BCUT2D eigenvalue weighted by molar-refractivity contribution is 6.04. The fraction of sp³-hybridized carbons (Fsp3) is 0.360. The molecule has 10 nitrogen and oxygen atoms in total. The minimum absolute atomic E-state index is 0.285. The van der Waals surface area contributed by atoms with Crippen molar-refractivity contribution in [1.29, 1.82) is 0 Å². The van der Waals surface area contributed by atoms with Crippen molar-refractivity contribution >= 4 is 35.4 Å². The topological polar surface area (TPSA) is 140 Å². The van der Waals surface area contributed by atoms with Gasteiger partial charge in [-0.25, -0.2) is 14.4 Å². The number of esters is 1. The molecule has 35 heavy (non-hydrogen) atoms. The Bertz CT molecular complexity index is 1070. The van der Waals surface area contributed by atoms with Crippen LogP contribution in [0.4, 0.5) is 21.0 Å². The second-order valence-corrected chi connectivity index (χ2v) is 9.17. The maximum absolute atomic E-state index is 12.5. The monoisotopic (exact) mass is 482 g/mol. The molecule has 4 amide bonds. The van der Waals surface area contributed by atoms with E-state index in [0.29, 0.717) is 48.4 Å². The lowest BCUT2D eigenvalue weighted by Crippen LogP contribution is -2.43. The van der Waals surface area contributed by atoms with Gasteiger partial charge in [-0.05, 0) is 69.3 Å². The summed E-state index contributed by atoms with van der Waals surface area (Å²) in [6, 6.07) is 11.9. The number of nitrogens with two attached hydrogens (primary N) is 1. The summed E-state index contributed by atoms with van der Waals surface area (Å²) in [7, 11) is 0. The molecule has 1 fully saturated rings. The molecule has 1 aliphatic rings. The Labute approximate surface area is 203 Å². The average Bonchev–Trinajstić information content (AvgIpc) is 2.79. The van der Waals surface area contributed by atoms with Crippen LogP contribution in [-0.2, 0) is 9.47 Å². The number of rotatable bonds is 5. The fourth-order valence-corrected chi connectivity index (χ4v) is 3.44. The van der Waals surface area contributed by atoms with Crippen LogP contribution in [0.25, 0.3) is 0 Å². The van der Waals surface area contributed by atoms with E-state index in [1.54, 1.807) is 53.4 Å². The summed E-state index contributed by atoms with van der Waals surface area (Å²) in [6.45, 7) is 6.37. The highest BCUT2D eigenvalue weighted by Crippen LogP contribution is 2.20. The minimum atomic E-state index is -0.688. The number of amides is 4. The van der Waals surface area contributed by atoms with E-state index in [-0.39, 0.29) is 18.1 Å². The largest absolute Gasteiger partial charge is 0.459 e. The molecule has 0 bridgehead atoms. The molecule has 0 spiro atoms. The number of anilines is 2. The maximum Gasteiger partial charge on any atom is 0.410 e. The molecule has 2 aromatic rings. The zero-order valence-corrected chi connectivity index (χ0v) is 20.0. The van der Waals surface area contributed by atoms with Gasteiger partial charge >= 0.3 is 18.1 Å². The zero-order valence-electron chi connectivity index (χ0n) is 20.0. The molecule has 0 unspecified atom stereocenters. The number of carbonyl (C=O) groups excluding carboxylic acids is 4. The van der Waals surface area contributed by atoms with Gasteiger partial charge in [0.2, 0.25) is 0 Å². The van der Waals surface area contributed by atoms with Crippen molar-refractivity contribution in [3.05, 3.63) is 59.7 Å². The number of hydrogen-bond donors (Lipinski definition) is 3. The number of piperidine rings is 1. The van der Waals surface area contributed by atoms with Crippen LogP contribution in [0.2, 0.25) is 0 Å². The zero-order chi connectivity index (χ0) is 25.6. The van der Waals surface area contributed by atoms with Gasteiger partial charge in [0.1, 0.15) is 11.7 Å². The first-order valence-corrected chi connectivity index (χ1v) is 11.3. The van der Waals surface area contributed by atoms with Gasteiger partial charge in [-0.1, -0.05) is 0 Å². The molecular formula is C25H30N4O6. The van der Waals surface area contributed by atoms with E-state index < -0.39 is 17.6 Å². The Kier molecular flexibility index (Phi) is 7.95. The summed E-state index contributed by atoms with van der Waals surface area (Å²) in [4.78, 5) is 49.6. The Hall–Kier alpha value is -4.08. The van der Waals surface area contributed by atoms with Crippen molar-refractivity contribution < 1.29 is 28.7 Å². The van der Waals surface area contributed by atoms with Gasteiger partial charge in [0.05, 0.1) is 5.56 Å². The second-order valence-electron chi connectivity index (χ2n) is 9.17. The molecule has 1 heterocycles. The van der Waals surface area contributed by atoms with Crippen molar-refractivity contribution in [1.82, 2.24) is 4.90 Å². The molecule has 186 valence electrons. The number of likely N-dealkylation sites (tertiary alicyclic amines) is 1. The van der Waals surface area contributed by atoms with Crippen molar-refractivity contribution in [2.24, 2.45) is 5.73 Å². The van der Waals surface area contributed by atoms with Crippen LogP contribution in [0.3, 0.4) is 0 Å². The van der Waals surface area contributed by atoms with E-state index in [2.05, 4.69) is 10.6 Å². The predicted molar refractivity (Wildman–Crippen MR) is 130 cm³/mol. The minimum Gasteiger partial charge on any atom is -0.459 e. The third kappa shape index (κ3) is 7.73. The van der Waals surface area contributed by atoms with Gasteiger partial charge in [0.25, 0.3) is 5.91 Å². The Morgan fingerprint density at radius 2 is 1.37 bits per heavy atom. The third-order valence-corrected chi connectivity index (χ3v) is 5.16. The molecule has 1 aliphatic heterocycles. The highest BCUT2D eigenvalue weighted by Gasteiger charge is 2.28. The molecular weight excluding hydrogens is 452 g/mol. The normalized spacial score (nSPS) is 14.1. The Morgan fingerprint density at radius 1 is 0.857 bits per heavy atom. The molecule has 3 rings (SSSR count). The summed E-state index contributed by atoms with van der Waals surface area (Å²) in [5.74, 6) is -0.807. The number of urea groups is 1. The molecule has 0 saturated carbocycles. The van der Waals surface area contributed by atoms with Gasteiger partial charge < -0.3 is 30.7 Å². The smallest absolute Gasteiger partial charge is 0.410 e. The van der Waals surface area contributed by atoms with Crippen LogP contribution < -0.4 is 16.4 Å². The first-order chi connectivity index (χ1) is 16.5. The molecule has 0 aromatic heterocycles. The number of benzene rings is 2. The standard InChI is InChI=1S/C25H30N4O6/c1-25(2,3)35-24(33)29-14-12-20(13-15-29)34-22(31)17-6-10-18(11-7-17)27-21(30)16-4-8-19(9-5-16)28-23(26)32/h4-11,20H,12-15H2,1-3H3,(H,27,30)(H3,26,28,32). The molecule has 0 aliphatic carbocycles. The van der Waals surface area contributed by atoms with Gasteiger partial charge in [-0.2, -0.15) is 0 Å². The fourth-order valence-electron chi connectivity index (χ4n) is 3.44. The first kappa shape index (κ1) is 25.5. The van der Waals surface area contributed by atoms with Crippen molar-refractivity contribution in [2.45, 2.75) is 45.3 Å². The van der Waals surface area contributed by atoms with Crippen LogP contribution in [0.15, 0.2) is 48.5 Å². The van der Waals surface area contributed by atoms with E-state index in [0.717, 1.165) is 0 Å². The lowest BCUT2D eigenvalue weighted by molar-refractivity contribution is -0.00341. The Morgan fingerprint density at radius 3 is 1.89 bits per heavy atom. The highest BCUT2D eigenvalue weighted by atomic mass is 16.6. The van der Waals surface area contributed by atoms with E-state index in [4.69, 9.17) is 15.2 Å². The summed E-state index contributed by atoms with van der Waals surface area (Å²) < 4.78 is 11.0. The van der Waals surface area contributed by atoms with E-state index in [9.17, 15) is 19.2 Å². The molecule has 1 saturated heterocycles. The van der Waals surface area contributed by atoms with Gasteiger partial charge in [-0.3, -0.25) is 4.79 Å². The van der Waals surface area contributed by atoms with E-state index in [1.807, 2.05) is 20.8 Å². The number of primary amides is 1. The quantitative estimate of drug-likeness (QED) is 0.551. The Balaban J connectivity index is 1.48. The van der Waals surface area contributed by atoms with Crippen molar-refractivity contribution in [2.75, 3.05) is 23.7 Å². The molecule has 0 atom stereocenters. The van der Waals surface area contributed by atoms with Gasteiger partial charge in [0, 0.05) is 42.9 Å². The van der Waals surface area contributed by atoms with Crippen molar-refractivity contribution in [3.63, 3.8) is 0 Å². The summed E-state index contributed by atoms with van der Waals surface area (Å²) in [6.07, 6.45) is 0.422. The van der Waals surface area contributed by atoms with Gasteiger partial charge in [0.15, 0.2) is 0 Å². The third-order valence-electron chi connectivity index (χ3n) is 5.16. The maximum atomic E-state index is 12.5. The summed E-state index contributed by atoms with van der Waals surface area (Å²) >= 11 is 0. The van der Waals surface area contributed by atoms with Crippen LogP contribution in [0.5, 0.6) is 0 Å². The number of carbonyl (C=O) groups is 4. The molecule has 10 heteroatoms. The van der Waals surface area contributed by atoms with Gasteiger partial charge in [-0.15, -0.1) is 0 Å². The van der Waals surface area contributed by atoms with E-state index >= 15 is 0 Å². The summed E-state index contributed by atoms with van der Waals surface area (Å²) in [5.41, 5.74) is 6.25.